The highest BCUT2D eigenvalue weighted by Gasteiger charge is 2.40. The van der Waals surface area contributed by atoms with Crippen molar-refractivity contribution in [2.45, 2.75) is 43.9 Å². The van der Waals surface area contributed by atoms with Gasteiger partial charge in [-0.3, -0.25) is 9.69 Å². The average molecular weight is 245 g/mol. The highest BCUT2D eigenvalue weighted by Crippen LogP contribution is 2.35. The van der Waals surface area contributed by atoms with Crippen LogP contribution in [0.3, 0.4) is 0 Å². The lowest BCUT2D eigenvalue weighted by molar-refractivity contribution is 0.0344. The maximum Gasteiger partial charge on any atom is 0.176 e. The number of fused-ring (bicyclic) bond motifs is 2. The summed E-state index contributed by atoms with van der Waals surface area (Å²) in [5.41, 5.74) is 0.794. The normalized spacial score (nSPS) is 31.5. The van der Waals surface area contributed by atoms with Crippen LogP contribution in [-0.4, -0.2) is 40.5 Å². The molecule has 2 saturated heterocycles. The second-order valence-corrected chi connectivity index (χ2v) is 5.47. The van der Waals surface area contributed by atoms with E-state index in [2.05, 4.69) is 4.90 Å². The molecule has 0 spiro atoms. The number of rotatable bonds is 3. The van der Waals surface area contributed by atoms with Crippen molar-refractivity contribution in [1.82, 2.24) is 4.90 Å². The van der Waals surface area contributed by atoms with E-state index in [0.717, 1.165) is 31.2 Å². The average Bonchev–Trinajstić information content (AvgIpc) is 2.62. The lowest BCUT2D eigenvalue weighted by atomic mass is 9.99. The van der Waals surface area contributed by atoms with E-state index in [-0.39, 0.29) is 11.9 Å². The maximum atomic E-state index is 12.2. The highest BCUT2D eigenvalue weighted by atomic mass is 16.3. The summed E-state index contributed by atoms with van der Waals surface area (Å²) in [7, 11) is 0. The molecule has 3 nitrogen and oxygen atoms in total. The van der Waals surface area contributed by atoms with Crippen molar-refractivity contribution >= 4 is 5.78 Å². The standard InChI is InChI=1S/C15H19NO2/c17-14-8-12-6-7-13(9-14)16(12)10-15(18)11-4-2-1-3-5-11/h1-5,12-14,17H,6-10H2. The number of piperidine rings is 1. The molecule has 96 valence electrons. The fourth-order valence-electron chi connectivity index (χ4n) is 3.38. The molecule has 1 aromatic carbocycles. The molecule has 0 aliphatic carbocycles. The Hall–Kier alpha value is -1.19. The molecule has 18 heavy (non-hydrogen) atoms. The molecule has 0 aromatic heterocycles. The summed E-state index contributed by atoms with van der Waals surface area (Å²) in [6.07, 6.45) is 3.76. The zero-order valence-corrected chi connectivity index (χ0v) is 10.5. The summed E-state index contributed by atoms with van der Waals surface area (Å²) in [5.74, 6) is 0.198. The number of hydrogen-bond donors (Lipinski definition) is 1. The Kier molecular flexibility index (Phi) is 3.18. The molecule has 2 bridgehead atoms. The lowest BCUT2D eigenvalue weighted by Gasteiger charge is -2.36. The Labute approximate surface area is 107 Å². The van der Waals surface area contributed by atoms with Crippen molar-refractivity contribution in [2.24, 2.45) is 0 Å². The van der Waals surface area contributed by atoms with Gasteiger partial charge in [0, 0.05) is 17.6 Å². The van der Waals surface area contributed by atoms with E-state index in [9.17, 15) is 9.90 Å². The van der Waals surface area contributed by atoms with E-state index in [1.165, 1.54) is 0 Å². The molecule has 0 radical (unpaired) electrons. The van der Waals surface area contributed by atoms with Gasteiger partial charge in [0.05, 0.1) is 12.6 Å². The minimum Gasteiger partial charge on any atom is -0.393 e. The number of nitrogens with zero attached hydrogens (tertiary/aromatic N) is 1. The van der Waals surface area contributed by atoms with Gasteiger partial charge >= 0.3 is 0 Å². The van der Waals surface area contributed by atoms with E-state index in [0.29, 0.717) is 18.6 Å². The molecular formula is C15H19NO2. The van der Waals surface area contributed by atoms with Crippen LogP contribution >= 0.6 is 0 Å². The number of aliphatic hydroxyl groups excluding tert-OH is 1. The Balaban J connectivity index is 1.69. The zero-order chi connectivity index (χ0) is 12.5. The summed E-state index contributed by atoms with van der Waals surface area (Å²) < 4.78 is 0. The summed E-state index contributed by atoms with van der Waals surface area (Å²) in [5, 5.41) is 9.75. The fourth-order valence-corrected chi connectivity index (χ4v) is 3.38. The first-order chi connectivity index (χ1) is 8.74. The van der Waals surface area contributed by atoms with Gasteiger partial charge < -0.3 is 5.11 Å². The second kappa shape index (κ2) is 4.82. The summed E-state index contributed by atoms with van der Waals surface area (Å²) in [6, 6.07) is 10.3. The first-order valence-electron chi connectivity index (χ1n) is 6.76. The quantitative estimate of drug-likeness (QED) is 0.826. The van der Waals surface area contributed by atoms with Gasteiger partial charge in [0.25, 0.3) is 0 Å². The molecule has 2 fully saturated rings. The topological polar surface area (TPSA) is 40.5 Å². The second-order valence-electron chi connectivity index (χ2n) is 5.47. The third kappa shape index (κ3) is 2.20. The third-order valence-electron chi connectivity index (χ3n) is 4.28. The molecule has 2 heterocycles. The lowest BCUT2D eigenvalue weighted by Crippen LogP contribution is -2.46. The van der Waals surface area contributed by atoms with Crippen LogP contribution in [0.5, 0.6) is 0 Å². The predicted molar refractivity (Wildman–Crippen MR) is 69.5 cm³/mol. The molecule has 3 rings (SSSR count). The van der Waals surface area contributed by atoms with Gasteiger partial charge in [-0.25, -0.2) is 0 Å². The smallest absolute Gasteiger partial charge is 0.176 e. The number of aliphatic hydroxyl groups is 1. The van der Waals surface area contributed by atoms with Gasteiger partial charge in [0.2, 0.25) is 0 Å². The van der Waals surface area contributed by atoms with Gasteiger partial charge in [-0.1, -0.05) is 30.3 Å². The summed E-state index contributed by atoms with van der Waals surface area (Å²) in [6.45, 7) is 0.506. The Morgan fingerprint density at radius 2 is 1.78 bits per heavy atom. The molecule has 2 unspecified atom stereocenters. The van der Waals surface area contributed by atoms with Crippen molar-refractivity contribution in [3.05, 3.63) is 35.9 Å². The maximum absolute atomic E-state index is 12.2. The molecule has 0 saturated carbocycles. The zero-order valence-electron chi connectivity index (χ0n) is 10.5. The van der Waals surface area contributed by atoms with Crippen molar-refractivity contribution < 1.29 is 9.90 Å². The molecule has 3 heteroatoms. The van der Waals surface area contributed by atoms with Crippen LogP contribution in [0.25, 0.3) is 0 Å². The Morgan fingerprint density at radius 1 is 1.17 bits per heavy atom. The van der Waals surface area contributed by atoms with Gasteiger partial charge in [0.1, 0.15) is 0 Å². The number of carbonyl (C=O) groups is 1. The molecule has 1 N–H and O–H groups in total. The highest BCUT2D eigenvalue weighted by molar-refractivity contribution is 5.97. The van der Waals surface area contributed by atoms with Crippen molar-refractivity contribution in [2.75, 3.05) is 6.54 Å². The first-order valence-corrected chi connectivity index (χ1v) is 6.76. The fraction of sp³-hybridized carbons (Fsp3) is 0.533. The molecule has 2 atom stereocenters. The van der Waals surface area contributed by atoms with Crippen molar-refractivity contribution in [3.8, 4) is 0 Å². The van der Waals surface area contributed by atoms with E-state index in [1.807, 2.05) is 30.3 Å². The number of Topliss-reactive ketones (excluding diaryl/α,β-unsaturated/α-hetero) is 1. The van der Waals surface area contributed by atoms with Crippen LogP contribution in [0.2, 0.25) is 0 Å². The van der Waals surface area contributed by atoms with Crippen LogP contribution in [0.15, 0.2) is 30.3 Å². The summed E-state index contributed by atoms with van der Waals surface area (Å²) >= 11 is 0. The van der Waals surface area contributed by atoms with Crippen LogP contribution in [0.4, 0.5) is 0 Å². The van der Waals surface area contributed by atoms with Crippen LogP contribution < -0.4 is 0 Å². The van der Waals surface area contributed by atoms with Crippen molar-refractivity contribution in [3.63, 3.8) is 0 Å². The Bertz CT molecular complexity index is 417. The van der Waals surface area contributed by atoms with E-state index >= 15 is 0 Å². The minimum absolute atomic E-state index is 0.162. The molecule has 1 aromatic rings. The molecule has 0 amide bonds. The van der Waals surface area contributed by atoms with Crippen LogP contribution in [0.1, 0.15) is 36.0 Å². The van der Waals surface area contributed by atoms with Gasteiger partial charge in [-0.15, -0.1) is 0 Å². The third-order valence-corrected chi connectivity index (χ3v) is 4.28. The predicted octanol–water partition coefficient (Wildman–Crippen LogP) is 1.86. The molecule has 2 aliphatic rings. The van der Waals surface area contributed by atoms with Crippen LogP contribution in [0, 0.1) is 0 Å². The van der Waals surface area contributed by atoms with Crippen molar-refractivity contribution in [1.29, 1.82) is 0 Å². The number of carbonyl (C=O) groups excluding carboxylic acids is 1. The molecule has 2 aliphatic heterocycles. The number of benzene rings is 1. The largest absolute Gasteiger partial charge is 0.393 e. The Morgan fingerprint density at radius 3 is 2.39 bits per heavy atom. The van der Waals surface area contributed by atoms with E-state index in [4.69, 9.17) is 0 Å². The number of hydrogen-bond acceptors (Lipinski definition) is 3. The van der Waals surface area contributed by atoms with Gasteiger partial charge in [-0.2, -0.15) is 0 Å². The summed E-state index contributed by atoms with van der Waals surface area (Å²) in [4.78, 5) is 14.5. The minimum atomic E-state index is -0.162. The van der Waals surface area contributed by atoms with Gasteiger partial charge in [0.15, 0.2) is 5.78 Å². The SMILES string of the molecule is O=C(CN1C2CCC1CC(O)C2)c1ccccc1. The number of ketones is 1. The molecular weight excluding hydrogens is 226 g/mol. The van der Waals surface area contributed by atoms with E-state index in [1.54, 1.807) is 0 Å². The van der Waals surface area contributed by atoms with Crippen LogP contribution in [-0.2, 0) is 0 Å². The monoisotopic (exact) mass is 245 g/mol. The van der Waals surface area contributed by atoms with E-state index < -0.39 is 0 Å². The van der Waals surface area contributed by atoms with Gasteiger partial charge in [-0.05, 0) is 25.7 Å². The first kappa shape index (κ1) is 11.9.